The summed E-state index contributed by atoms with van der Waals surface area (Å²) in [5.74, 6) is 0. The van der Waals surface area contributed by atoms with Crippen molar-refractivity contribution in [2.24, 2.45) is 3.77 Å². The van der Waals surface area contributed by atoms with E-state index < -0.39 is 25.6 Å². The first-order valence-electron chi connectivity index (χ1n) is 6.25. The van der Waals surface area contributed by atoms with Crippen molar-refractivity contribution < 1.29 is 13.3 Å². The molecular formula is C14H14N2O4S2. The van der Waals surface area contributed by atoms with Gasteiger partial charge in [0.1, 0.15) is 0 Å². The molecule has 2 aromatic rings. The lowest BCUT2D eigenvalue weighted by Gasteiger charge is -2.04. The molecule has 0 aromatic heterocycles. The highest BCUT2D eigenvalue weighted by Crippen LogP contribution is 2.19. The second-order valence-corrected chi connectivity index (χ2v) is 8.04. The van der Waals surface area contributed by atoms with Crippen LogP contribution >= 0.6 is 0 Å². The van der Waals surface area contributed by atoms with Crippen molar-refractivity contribution >= 4 is 26.4 Å². The van der Waals surface area contributed by atoms with Crippen LogP contribution in [0, 0.1) is 17.0 Å². The van der Waals surface area contributed by atoms with Crippen LogP contribution in [0.25, 0.3) is 0 Å². The third-order valence-electron chi connectivity index (χ3n) is 2.92. The van der Waals surface area contributed by atoms with Crippen LogP contribution in [0.5, 0.6) is 0 Å². The van der Waals surface area contributed by atoms with Crippen molar-refractivity contribution in [3.05, 3.63) is 64.2 Å². The number of sulfonamides is 1. The second kappa shape index (κ2) is 6.37. The monoisotopic (exact) mass is 338 g/mol. The van der Waals surface area contributed by atoms with E-state index in [-0.39, 0.29) is 10.6 Å². The van der Waals surface area contributed by atoms with Gasteiger partial charge in [-0.1, -0.05) is 28.4 Å². The van der Waals surface area contributed by atoms with Gasteiger partial charge in [-0.05, 0) is 37.4 Å². The molecule has 8 heteroatoms. The number of hydrogen-bond acceptors (Lipinski definition) is 4. The molecule has 0 fully saturated rings. The first kappa shape index (κ1) is 16.3. The molecule has 0 amide bonds. The zero-order valence-corrected chi connectivity index (χ0v) is 13.6. The van der Waals surface area contributed by atoms with Gasteiger partial charge in [-0.15, -0.1) is 3.77 Å². The summed E-state index contributed by atoms with van der Waals surface area (Å²) in [5, 5.41) is 10.6. The molecule has 0 N–H and O–H groups in total. The van der Waals surface area contributed by atoms with E-state index in [0.29, 0.717) is 4.90 Å². The first-order valence-corrected chi connectivity index (χ1v) is 9.28. The van der Waals surface area contributed by atoms with Crippen LogP contribution in [-0.4, -0.2) is 19.6 Å². The molecule has 116 valence electrons. The Morgan fingerprint density at radius 1 is 1.05 bits per heavy atom. The van der Waals surface area contributed by atoms with Crippen LogP contribution in [0.15, 0.2) is 62.1 Å². The number of nitrogens with zero attached hydrogens (tertiary/aromatic N) is 2. The average Bonchev–Trinajstić information content (AvgIpc) is 2.47. The van der Waals surface area contributed by atoms with Gasteiger partial charge in [-0.3, -0.25) is 10.1 Å². The normalized spacial score (nSPS) is 13.0. The molecule has 6 nitrogen and oxygen atoms in total. The van der Waals surface area contributed by atoms with E-state index >= 15 is 0 Å². The fourth-order valence-electron chi connectivity index (χ4n) is 1.71. The SMILES string of the molecule is Cc1ccc(S(=O)(=O)N=S(C)c2ccc([N+](=O)[O-])cc2)cc1. The van der Waals surface area contributed by atoms with Crippen molar-refractivity contribution in [1.29, 1.82) is 0 Å². The molecule has 2 rings (SSSR count). The number of rotatable bonds is 4. The number of hydrogen-bond donors (Lipinski definition) is 0. The van der Waals surface area contributed by atoms with Crippen molar-refractivity contribution in [1.82, 2.24) is 0 Å². The standard InChI is InChI=1S/C14H14N2O4S2/c1-11-3-9-14(10-4-11)22(19,20)15-21(2)13-7-5-12(6-8-13)16(17)18/h3-10H,1-2H3. The first-order chi connectivity index (χ1) is 10.3. The van der Waals surface area contributed by atoms with Crippen LogP contribution in [0.2, 0.25) is 0 Å². The Kier molecular flexibility index (Phi) is 4.72. The number of aryl methyl sites for hydroxylation is 1. The Labute approximate surface area is 131 Å². The Balaban J connectivity index is 2.34. The van der Waals surface area contributed by atoms with Crippen LogP contribution in [0.1, 0.15) is 5.56 Å². The molecule has 0 aliphatic rings. The van der Waals surface area contributed by atoms with E-state index in [4.69, 9.17) is 0 Å². The lowest BCUT2D eigenvalue weighted by molar-refractivity contribution is -0.384. The largest absolute Gasteiger partial charge is 0.288 e. The van der Waals surface area contributed by atoms with E-state index in [0.717, 1.165) is 5.56 Å². The van der Waals surface area contributed by atoms with Gasteiger partial charge < -0.3 is 0 Å². The molecule has 0 aliphatic carbocycles. The van der Waals surface area contributed by atoms with Gasteiger partial charge in [0.25, 0.3) is 15.7 Å². The fourth-order valence-corrected chi connectivity index (χ4v) is 4.58. The summed E-state index contributed by atoms with van der Waals surface area (Å²) in [7, 11) is -4.66. The quantitative estimate of drug-likeness (QED) is 0.633. The molecule has 0 bridgehead atoms. The number of nitro groups is 1. The van der Waals surface area contributed by atoms with Gasteiger partial charge in [-0.25, -0.2) is 0 Å². The maximum atomic E-state index is 12.2. The smallest absolute Gasteiger partial charge is 0.258 e. The Morgan fingerprint density at radius 3 is 2.09 bits per heavy atom. The van der Waals surface area contributed by atoms with Crippen LogP contribution < -0.4 is 0 Å². The maximum Gasteiger partial charge on any atom is 0.288 e. The zero-order valence-electron chi connectivity index (χ0n) is 12.0. The van der Waals surface area contributed by atoms with Gasteiger partial charge in [0.15, 0.2) is 0 Å². The molecule has 0 aliphatic heterocycles. The number of non-ortho nitro benzene ring substituents is 1. The van der Waals surface area contributed by atoms with Crippen LogP contribution in [-0.2, 0) is 20.7 Å². The molecule has 0 saturated carbocycles. The van der Waals surface area contributed by atoms with Gasteiger partial charge >= 0.3 is 0 Å². The van der Waals surface area contributed by atoms with Crippen molar-refractivity contribution in [3.63, 3.8) is 0 Å². The van der Waals surface area contributed by atoms with Crippen LogP contribution in [0.4, 0.5) is 5.69 Å². The number of benzene rings is 2. The summed E-state index contributed by atoms with van der Waals surface area (Å²) in [6.07, 6.45) is 1.66. The maximum absolute atomic E-state index is 12.2. The van der Waals surface area contributed by atoms with E-state index in [1.807, 2.05) is 6.92 Å². The predicted molar refractivity (Wildman–Crippen MR) is 85.4 cm³/mol. The molecule has 1 unspecified atom stereocenters. The Hall–Kier alpha value is -2.06. The lowest BCUT2D eigenvalue weighted by atomic mass is 10.2. The van der Waals surface area contributed by atoms with Crippen molar-refractivity contribution in [2.75, 3.05) is 6.26 Å². The average molecular weight is 338 g/mol. The topological polar surface area (TPSA) is 89.6 Å². The fraction of sp³-hybridized carbons (Fsp3) is 0.143. The van der Waals surface area contributed by atoms with Gasteiger partial charge in [-0.2, -0.15) is 8.42 Å². The highest BCUT2D eigenvalue weighted by Gasteiger charge is 2.13. The van der Waals surface area contributed by atoms with Crippen molar-refractivity contribution in [3.8, 4) is 0 Å². The van der Waals surface area contributed by atoms with E-state index in [1.54, 1.807) is 18.4 Å². The Morgan fingerprint density at radius 2 is 1.59 bits per heavy atom. The van der Waals surface area contributed by atoms with Crippen LogP contribution in [0.3, 0.4) is 0 Å². The minimum atomic E-state index is -3.75. The lowest BCUT2D eigenvalue weighted by Crippen LogP contribution is -2.00. The van der Waals surface area contributed by atoms with Gasteiger partial charge in [0, 0.05) is 17.0 Å². The van der Waals surface area contributed by atoms with E-state index in [2.05, 4.69) is 3.77 Å². The van der Waals surface area contributed by atoms with Gasteiger partial charge in [0.2, 0.25) is 0 Å². The summed E-state index contributed by atoms with van der Waals surface area (Å²) >= 11 is 0. The van der Waals surface area contributed by atoms with Crippen molar-refractivity contribution in [2.45, 2.75) is 16.7 Å². The molecule has 1 atom stereocenters. The third-order valence-corrected chi connectivity index (χ3v) is 6.42. The summed E-state index contributed by atoms with van der Waals surface area (Å²) in [4.78, 5) is 10.9. The highest BCUT2D eigenvalue weighted by molar-refractivity contribution is 7.99. The van der Waals surface area contributed by atoms with Gasteiger partial charge in [0.05, 0.1) is 9.82 Å². The number of nitro benzene ring substituents is 1. The summed E-state index contributed by atoms with van der Waals surface area (Å²) < 4.78 is 28.4. The molecule has 22 heavy (non-hydrogen) atoms. The Bertz CT molecular complexity index is 826. The molecule has 0 heterocycles. The molecule has 0 radical (unpaired) electrons. The molecule has 0 spiro atoms. The summed E-state index contributed by atoms with van der Waals surface area (Å²) in [6.45, 7) is 1.87. The summed E-state index contributed by atoms with van der Waals surface area (Å²) in [6, 6.07) is 12.2. The molecular weight excluding hydrogens is 324 g/mol. The highest BCUT2D eigenvalue weighted by atomic mass is 32.3. The molecule has 2 aromatic carbocycles. The second-order valence-electron chi connectivity index (χ2n) is 4.59. The minimum Gasteiger partial charge on any atom is -0.258 e. The zero-order chi connectivity index (χ0) is 16.3. The predicted octanol–water partition coefficient (Wildman–Crippen LogP) is 3.08. The third kappa shape index (κ3) is 3.77. The minimum absolute atomic E-state index is 0.0397. The molecule has 0 saturated heterocycles. The van der Waals surface area contributed by atoms with E-state index in [9.17, 15) is 18.5 Å². The summed E-state index contributed by atoms with van der Waals surface area (Å²) in [5.41, 5.74) is 0.923. The van der Waals surface area contributed by atoms with E-state index in [1.165, 1.54) is 36.4 Å².